The smallest absolute Gasteiger partial charge is 0.0964 e. The summed E-state index contributed by atoms with van der Waals surface area (Å²) in [6.07, 6.45) is 4.64. The van der Waals surface area contributed by atoms with Gasteiger partial charge in [-0.05, 0) is 25.3 Å². The van der Waals surface area contributed by atoms with Gasteiger partial charge in [0.1, 0.15) is 0 Å². The van der Waals surface area contributed by atoms with Crippen molar-refractivity contribution < 1.29 is 4.74 Å². The van der Waals surface area contributed by atoms with E-state index in [-0.39, 0.29) is 0 Å². The van der Waals surface area contributed by atoms with Gasteiger partial charge in [0.2, 0.25) is 0 Å². The van der Waals surface area contributed by atoms with E-state index in [2.05, 4.69) is 29.5 Å². The van der Waals surface area contributed by atoms with Crippen LogP contribution in [-0.4, -0.2) is 34.2 Å². The maximum absolute atomic E-state index is 5.57. The second-order valence-corrected chi connectivity index (χ2v) is 5.09. The highest BCUT2D eigenvalue weighted by Gasteiger charge is 2.16. The van der Waals surface area contributed by atoms with Gasteiger partial charge < -0.3 is 10.1 Å². The molecule has 1 unspecified atom stereocenters. The van der Waals surface area contributed by atoms with Crippen molar-refractivity contribution in [2.75, 3.05) is 13.2 Å². The summed E-state index contributed by atoms with van der Waals surface area (Å²) in [5.74, 6) is 0.664. The summed E-state index contributed by atoms with van der Waals surface area (Å²) in [6.45, 7) is 7.92. The molecule has 2 heterocycles. The molecule has 1 aliphatic heterocycles. The van der Waals surface area contributed by atoms with Gasteiger partial charge in [-0.1, -0.05) is 19.1 Å². The molecule has 0 amide bonds. The second kappa shape index (κ2) is 6.12. The maximum Gasteiger partial charge on any atom is 0.0964 e. The fraction of sp³-hybridized carbons (Fsp3) is 0.833. The van der Waals surface area contributed by atoms with E-state index in [0.29, 0.717) is 12.0 Å². The molecule has 1 aliphatic rings. The van der Waals surface area contributed by atoms with Crippen LogP contribution in [0.15, 0.2) is 6.20 Å². The molecular weight excluding hydrogens is 216 g/mol. The lowest BCUT2D eigenvalue weighted by atomic mass is 10.2. The molecule has 1 aromatic rings. The molecule has 0 saturated carbocycles. The third kappa shape index (κ3) is 4.09. The molecular formula is C12H22N4O. The number of nitrogens with zero attached hydrogens (tertiary/aromatic N) is 3. The van der Waals surface area contributed by atoms with Crippen LogP contribution in [0.5, 0.6) is 0 Å². The molecule has 96 valence electrons. The first-order valence-corrected chi connectivity index (χ1v) is 6.45. The van der Waals surface area contributed by atoms with Gasteiger partial charge >= 0.3 is 0 Å². The molecule has 5 nitrogen and oxygen atoms in total. The van der Waals surface area contributed by atoms with Crippen molar-refractivity contribution in [2.24, 2.45) is 5.92 Å². The van der Waals surface area contributed by atoms with Crippen molar-refractivity contribution in [1.82, 2.24) is 20.3 Å². The number of hydrogen-bond acceptors (Lipinski definition) is 4. The van der Waals surface area contributed by atoms with Crippen LogP contribution in [0.3, 0.4) is 0 Å². The predicted octanol–water partition coefficient (Wildman–Crippen LogP) is 1.20. The first-order valence-electron chi connectivity index (χ1n) is 6.45. The fourth-order valence-corrected chi connectivity index (χ4v) is 1.99. The molecule has 1 aromatic heterocycles. The maximum atomic E-state index is 5.57. The van der Waals surface area contributed by atoms with Crippen molar-refractivity contribution in [3.8, 4) is 0 Å². The van der Waals surface area contributed by atoms with Crippen LogP contribution in [0.4, 0.5) is 0 Å². The minimum Gasteiger partial charge on any atom is -0.376 e. The molecule has 2 rings (SSSR count). The lowest BCUT2D eigenvalue weighted by Gasteiger charge is -2.07. The van der Waals surface area contributed by atoms with Gasteiger partial charge in [-0.15, -0.1) is 5.10 Å². The van der Waals surface area contributed by atoms with Crippen LogP contribution in [0.1, 0.15) is 32.4 Å². The van der Waals surface area contributed by atoms with Crippen molar-refractivity contribution in [2.45, 2.75) is 45.9 Å². The normalized spacial score (nSPS) is 20.3. The van der Waals surface area contributed by atoms with Gasteiger partial charge in [-0.25, -0.2) is 4.68 Å². The molecule has 1 N–H and O–H groups in total. The largest absolute Gasteiger partial charge is 0.376 e. The molecule has 0 radical (unpaired) electrons. The highest BCUT2D eigenvalue weighted by Crippen LogP contribution is 2.13. The van der Waals surface area contributed by atoms with Crippen molar-refractivity contribution in [3.05, 3.63) is 11.9 Å². The quantitative estimate of drug-likeness (QED) is 0.809. The minimum absolute atomic E-state index is 0.327. The van der Waals surface area contributed by atoms with Gasteiger partial charge in [-0.2, -0.15) is 0 Å². The molecule has 1 fully saturated rings. The summed E-state index contributed by atoms with van der Waals surface area (Å²) < 4.78 is 7.47. The number of hydrogen-bond donors (Lipinski definition) is 1. The number of aromatic nitrogens is 3. The Morgan fingerprint density at radius 3 is 3.18 bits per heavy atom. The summed E-state index contributed by atoms with van der Waals surface area (Å²) >= 11 is 0. The minimum atomic E-state index is 0.327. The first kappa shape index (κ1) is 12.5. The average Bonchev–Trinajstić information content (AvgIpc) is 2.90. The van der Waals surface area contributed by atoms with Crippen LogP contribution >= 0.6 is 0 Å². The molecule has 0 bridgehead atoms. The zero-order valence-electron chi connectivity index (χ0n) is 10.7. The Bertz CT molecular complexity index is 331. The van der Waals surface area contributed by atoms with E-state index in [0.717, 1.165) is 38.4 Å². The first-order chi connectivity index (χ1) is 8.24. The van der Waals surface area contributed by atoms with Crippen LogP contribution < -0.4 is 5.32 Å². The van der Waals surface area contributed by atoms with Crippen LogP contribution in [-0.2, 0) is 17.8 Å². The number of ether oxygens (including phenoxy) is 1. The monoisotopic (exact) mass is 238 g/mol. The number of rotatable bonds is 6. The van der Waals surface area contributed by atoms with E-state index in [1.165, 1.54) is 6.42 Å². The van der Waals surface area contributed by atoms with E-state index >= 15 is 0 Å². The van der Waals surface area contributed by atoms with Crippen LogP contribution in [0.2, 0.25) is 0 Å². The Hall–Kier alpha value is -0.940. The summed E-state index contributed by atoms with van der Waals surface area (Å²) in [7, 11) is 0. The van der Waals surface area contributed by atoms with Crippen molar-refractivity contribution >= 4 is 0 Å². The summed E-state index contributed by atoms with van der Waals surface area (Å²) in [5.41, 5.74) is 1.00. The van der Waals surface area contributed by atoms with Crippen LogP contribution in [0.25, 0.3) is 0 Å². The highest BCUT2D eigenvalue weighted by molar-refractivity contribution is 4.91. The average molecular weight is 238 g/mol. The van der Waals surface area contributed by atoms with Crippen molar-refractivity contribution in [1.29, 1.82) is 0 Å². The molecule has 1 saturated heterocycles. The topological polar surface area (TPSA) is 52.0 Å². The number of nitrogens with one attached hydrogen (secondary N) is 1. The van der Waals surface area contributed by atoms with Gasteiger partial charge in [-0.3, -0.25) is 0 Å². The zero-order valence-corrected chi connectivity index (χ0v) is 10.7. The lowest BCUT2D eigenvalue weighted by Crippen LogP contribution is -2.19. The molecule has 0 aliphatic carbocycles. The second-order valence-electron chi connectivity index (χ2n) is 5.09. The van der Waals surface area contributed by atoms with Gasteiger partial charge in [0.25, 0.3) is 0 Å². The highest BCUT2D eigenvalue weighted by atomic mass is 16.5. The van der Waals surface area contributed by atoms with Crippen LogP contribution in [0, 0.1) is 5.92 Å². The Morgan fingerprint density at radius 1 is 1.59 bits per heavy atom. The third-order valence-electron chi connectivity index (χ3n) is 2.86. The SMILES string of the molecule is CC(C)CNCc1cn(CC2CCCO2)nn1. The van der Waals surface area contributed by atoms with E-state index in [1.807, 2.05) is 10.9 Å². The lowest BCUT2D eigenvalue weighted by molar-refractivity contribution is 0.0935. The Labute approximate surface area is 103 Å². The van der Waals surface area contributed by atoms with E-state index in [1.54, 1.807) is 0 Å². The van der Waals surface area contributed by atoms with Gasteiger partial charge in [0, 0.05) is 19.3 Å². The Balaban J connectivity index is 1.75. The standard InChI is InChI=1S/C12H22N4O/c1-10(2)6-13-7-11-8-16(15-14-11)9-12-4-3-5-17-12/h8,10,12-13H,3-7,9H2,1-2H3. The summed E-state index contributed by atoms with van der Waals surface area (Å²) in [5, 5.41) is 11.6. The molecule has 0 aromatic carbocycles. The fourth-order valence-electron chi connectivity index (χ4n) is 1.99. The predicted molar refractivity (Wildman–Crippen MR) is 65.5 cm³/mol. The Kier molecular flexibility index (Phi) is 4.50. The molecule has 5 heteroatoms. The van der Waals surface area contributed by atoms with Gasteiger partial charge in [0.05, 0.1) is 18.3 Å². The zero-order chi connectivity index (χ0) is 12.1. The molecule has 0 spiro atoms. The van der Waals surface area contributed by atoms with Crippen molar-refractivity contribution in [3.63, 3.8) is 0 Å². The molecule has 1 atom stereocenters. The third-order valence-corrected chi connectivity index (χ3v) is 2.86. The van der Waals surface area contributed by atoms with E-state index < -0.39 is 0 Å². The summed E-state index contributed by atoms with van der Waals surface area (Å²) in [6, 6.07) is 0. The van der Waals surface area contributed by atoms with Gasteiger partial charge in [0.15, 0.2) is 0 Å². The molecule has 17 heavy (non-hydrogen) atoms. The van der Waals surface area contributed by atoms with E-state index in [9.17, 15) is 0 Å². The summed E-state index contributed by atoms with van der Waals surface area (Å²) in [4.78, 5) is 0. The van der Waals surface area contributed by atoms with E-state index in [4.69, 9.17) is 4.74 Å². The Morgan fingerprint density at radius 2 is 2.47 bits per heavy atom.